The van der Waals surface area contributed by atoms with Gasteiger partial charge in [-0.3, -0.25) is 48.6 Å². The number of aliphatic hydroxyl groups is 1. The van der Waals surface area contributed by atoms with Gasteiger partial charge in [-0.2, -0.15) is 25.9 Å². The lowest BCUT2D eigenvalue weighted by atomic mass is 9.99. The second-order valence-electron chi connectivity index (χ2n) is 41.3. The number of Topliss-reactive ketones (excluding diaryl/α,β-unsaturated/α-hetero) is 1. The highest BCUT2D eigenvalue weighted by Crippen LogP contribution is 2.17. The number of aromatic amines is 7. The average Bonchev–Trinajstić information content (AvgIpc) is 1.75. The van der Waals surface area contributed by atoms with E-state index in [2.05, 4.69) is 272 Å². The number of nitrogens with one attached hydrogen (secondary N) is 9. The molecule has 142 heavy (non-hydrogen) atoms. The Morgan fingerprint density at radius 2 is 0.739 bits per heavy atom. The number of H-pyrrole nitrogens is 7. The minimum atomic E-state index is -0.241. The standard InChI is InChI=1S/C9H16N2.C8H15N3.2C8H16O.2C7H16N2.2C7H15NO.C5H9N3.2C5H5NO.3C4H8N4.2C4H9NO.2C4H10/c1-6(2)8-5-10-9(11-8)7(3)4;1-5(2)7-9-8(6(3)4)11-10-7;2*1-6(2)5-8(9)7(3)4;2*1-5(2)7(8)9-6(3)4;2*1-5(2)7(9)8-6(3)4;1-4(2)5-3-6-8-7-5;2*7-5-3-1-2-4-6-5;3*1-3(2)4-5-7-8-6-4;2*1-3(2)4(5)6;2*1-4(2)3/h5-7H,1-4H3,(H,10,11);5-6H,1-4H3,(H,9,10,11);6-7H,5H2,1-4H3;5-7,9H,1-4H3;2*5-6H,1-4H3,(H2,8,9);2*5-6H,1-4H3,(H,8,9);4H,3H2,1-2H3;2*1-4H,(H,6,7);3*3H,1-2H3,(H,5,6,7,8);2*3H,1-2H3,(H2,5,6);2*4H,1-3H3/b;;;8-5-;;;;;;;;;;;;;;. The van der Waals surface area contributed by atoms with Crippen molar-refractivity contribution >= 4 is 46.8 Å². The van der Waals surface area contributed by atoms with Gasteiger partial charge in [0.25, 0.3) is 0 Å². The van der Waals surface area contributed by atoms with Crippen molar-refractivity contribution in [3.63, 3.8) is 0 Å². The quantitative estimate of drug-likeness (QED) is 0.0161. The summed E-state index contributed by atoms with van der Waals surface area (Å²) in [6.45, 7) is 102. The first-order chi connectivity index (χ1) is 65.2. The molecular weight excluding hydrogens is 1800 g/mol. The minimum absolute atomic E-state index is 0.00926. The Bertz CT molecular complexity index is 3940. The molecule has 0 spiro atoms. The number of imidazole rings is 1. The van der Waals surface area contributed by atoms with Crippen LogP contribution in [-0.4, -0.2) is 180 Å². The van der Waals surface area contributed by atoms with Gasteiger partial charge in [-0.05, 0) is 114 Å². The molecule has 0 saturated carbocycles. The summed E-state index contributed by atoms with van der Waals surface area (Å²) in [4.78, 5) is 98.1. The van der Waals surface area contributed by atoms with E-state index in [9.17, 15) is 33.6 Å². The van der Waals surface area contributed by atoms with Crippen molar-refractivity contribution in [2.24, 2.45) is 125 Å². The van der Waals surface area contributed by atoms with E-state index in [1.165, 1.54) is 17.8 Å². The van der Waals surface area contributed by atoms with Gasteiger partial charge in [0.1, 0.15) is 24.0 Å². The number of nitrogens with two attached hydrogens (primary N) is 4. The number of nitrogens with zero attached hydrogens (tertiary/aromatic N) is 17. The first kappa shape index (κ1) is 151. The van der Waals surface area contributed by atoms with Crippen molar-refractivity contribution in [2.75, 3.05) is 6.54 Å². The lowest BCUT2D eigenvalue weighted by Gasteiger charge is -2.09. The predicted molar refractivity (Wildman–Crippen MR) is 590 cm³/mol. The van der Waals surface area contributed by atoms with E-state index in [4.69, 9.17) is 28.0 Å². The molecule has 8 heterocycles. The molecule has 0 unspecified atom stereocenters. The van der Waals surface area contributed by atoms with E-state index in [-0.39, 0.29) is 82.3 Å². The van der Waals surface area contributed by atoms with Gasteiger partial charge in [0.05, 0.1) is 23.1 Å². The predicted octanol–water partition coefficient (Wildman–Crippen LogP) is 21.6. The fourth-order valence-corrected chi connectivity index (χ4v) is 7.23. The van der Waals surface area contributed by atoms with Crippen LogP contribution < -0.4 is 44.7 Å². The van der Waals surface area contributed by atoms with E-state index in [1.807, 2.05) is 192 Å². The average molecular weight is 2000 g/mol. The summed E-state index contributed by atoms with van der Waals surface area (Å²) in [6.07, 6.45) is 7.74. The molecule has 0 saturated heterocycles. The zero-order chi connectivity index (χ0) is 113. The van der Waals surface area contributed by atoms with Crippen LogP contribution in [0.5, 0.6) is 0 Å². The van der Waals surface area contributed by atoms with Crippen molar-refractivity contribution in [2.45, 2.75) is 418 Å². The molecule has 38 heteroatoms. The van der Waals surface area contributed by atoms with Crippen LogP contribution in [0.15, 0.2) is 102 Å². The molecule has 7 aromatic rings. The number of hydrogen-bond donors (Lipinski definition) is 14. The number of tetrazole rings is 3. The topological polar surface area (TPSA) is 595 Å². The number of aromatic nitrogens is 19. The van der Waals surface area contributed by atoms with Crippen LogP contribution in [0.4, 0.5) is 0 Å². The maximum Gasteiger partial charge on any atom is 0.247 e. The summed E-state index contributed by atoms with van der Waals surface area (Å²) in [5, 5.41) is 72.8. The Hall–Kier alpha value is -11.2. The number of amides is 4. The van der Waals surface area contributed by atoms with Gasteiger partial charge in [0.2, 0.25) is 34.7 Å². The molecule has 0 atom stereocenters. The Morgan fingerprint density at radius 3 is 0.852 bits per heavy atom. The van der Waals surface area contributed by atoms with Gasteiger partial charge in [0.15, 0.2) is 23.3 Å². The first-order valence-corrected chi connectivity index (χ1v) is 50.4. The van der Waals surface area contributed by atoms with Crippen molar-refractivity contribution in [3.8, 4) is 0 Å². The molecule has 0 fully saturated rings. The molecule has 7 aromatic heterocycles. The maximum atomic E-state index is 11.0. The monoisotopic (exact) mass is 2000 g/mol. The van der Waals surface area contributed by atoms with Crippen molar-refractivity contribution in [1.82, 2.24) is 108 Å². The van der Waals surface area contributed by atoms with Gasteiger partial charge < -0.3 is 53.6 Å². The number of amidine groups is 2. The zero-order valence-electron chi connectivity index (χ0n) is 97.8. The van der Waals surface area contributed by atoms with Gasteiger partial charge in [-0.15, -0.1) is 35.7 Å². The number of primary amides is 2. The number of ketones is 1. The van der Waals surface area contributed by atoms with Crippen LogP contribution in [0, 0.1) is 76.9 Å². The van der Waals surface area contributed by atoms with E-state index in [0.717, 1.165) is 70.6 Å². The van der Waals surface area contributed by atoms with Gasteiger partial charge in [-0.1, -0.05) is 319 Å². The molecular formula is C104H206N30O8. The minimum Gasteiger partial charge on any atom is -0.512 e. The third kappa shape index (κ3) is 109. The smallest absolute Gasteiger partial charge is 0.247 e. The highest BCUT2D eigenvalue weighted by Gasteiger charge is 2.14. The Labute approximate surface area is 857 Å². The second kappa shape index (κ2) is 92.2. The van der Waals surface area contributed by atoms with Crippen molar-refractivity contribution in [1.29, 1.82) is 0 Å². The number of pyridine rings is 2. The van der Waals surface area contributed by atoms with Crippen LogP contribution in [0.3, 0.4) is 0 Å². The van der Waals surface area contributed by atoms with Crippen LogP contribution >= 0.6 is 0 Å². The number of carbonyl (C=O) groups is 5. The van der Waals surface area contributed by atoms with E-state index >= 15 is 0 Å². The molecule has 0 bridgehead atoms. The van der Waals surface area contributed by atoms with E-state index in [0.29, 0.717) is 101 Å². The molecule has 820 valence electrons. The number of hydrogen-bond acceptors (Lipinski definition) is 25. The fourth-order valence-electron chi connectivity index (χ4n) is 7.23. The van der Waals surface area contributed by atoms with E-state index in [1.54, 1.807) is 64.4 Å². The summed E-state index contributed by atoms with van der Waals surface area (Å²) >= 11 is 0. The van der Waals surface area contributed by atoms with Crippen molar-refractivity contribution < 1.29 is 29.1 Å². The lowest BCUT2D eigenvalue weighted by Crippen LogP contribution is -2.33. The second-order valence-corrected chi connectivity index (χ2v) is 41.3. The first-order valence-electron chi connectivity index (χ1n) is 50.4. The molecule has 1 aliphatic heterocycles. The van der Waals surface area contributed by atoms with Crippen LogP contribution in [-0.2, 0) is 24.0 Å². The summed E-state index contributed by atoms with van der Waals surface area (Å²) in [6, 6.07) is 11.0. The van der Waals surface area contributed by atoms with Crippen LogP contribution in [0.25, 0.3) is 0 Å². The van der Waals surface area contributed by atoms with Gasteiger partial charge >= 0.3 is 0 Å². The molecule has 1 aliphatic rings. The molecule has 8 rings (SSSR count). The highest BCUT2D eigenvalue weighted by atomic mass is 16.3. The third-order valence-corrected chi connectivity index (χ3v) is 15.9. The summed E-state index contributed by atoms with van der Waals surface area (Å²) in [5.74, 6) is 15.1. The normalized spacial score (nSPS) is 11.2. The number of allylic oxidation sites excluding steroid dienone is 2. The highest BCUT2D eigenvalue weighted by molar-refractivity contribution is 5.88. The zero-order valence-corrected chi connectivity index (χ0v) is 97.8. The Balaban J connectivity index is -0.000000163. The Kier molecular flexibility index (Phi) is 98.0. The fraction of sp³-hybridized carbons (Fsp3) is 0.731. The number of aliphatic imine (C=N–C) groups is 2. The van der Waals surface area contributed by atoms with E-state index < -0.39 is 0 Å². The summed E-state index contributed by atoms with van der Waals surface area (Å²) in [5.41, 5.74) is 22.9. The summed E-state index contributed by atoms with van der Waals surface area (Å²) < 4.78 is 0. The number of rotatable bonds is 23. The van der Waals surface area contributed by atoms with Crippen LogP contribution in [0.2, 0.25) is 0 Å². The van der Waals surface area contributed by atoms with Crippen LogP contribution in [0.1, 0.15) is 435 Å². The molecule has 4 amide bonds. The molecule has 0 aromatic carbocycles. The lowest BCUT2D eigenvalue weighted by molar-refractivity contribution is -0.125. The molecule has 18 N–H and O–H groups in total. The maximum absolute atomic E-state index is 11.0. The van der Waals surface area contributed by atoms with Gasteiger partial charge in [0, 0.05) is 150 Å². The molecule has 38 nitrogen and oxygen atoms in total. The number of carbonyl (C=O) groups excluding carboxylic acids is 5. The number of aliphatic hydroxyl groups excluding tert-OH is 1. The Morgan fingerprint density at radius 1 is 0.408 bits per heavy atom. The largest absolute Gasteiger partial charge is 0.512 e. The molecule has 0 aliphatic carbocycles. The van der Waals surface area contributed by atoms with Gasteiger partial charge in [-0.25, -0.2) is 9.97 Å². The SMILES string of the molecule is CC(C)/C=C(\O)C(C)C.CC(C)C.CC(C)C.CC(C)C(N)=O.CC(C)C(N)=O.CC(C)C1=NN=NC1.CC(C)CC(=O)C(C)C.CC(C)N=C(N)C(C)C.CC(C)N=C(N)C(C)C.CC(C)NC(=O)C(C)C.CC(C)NC(=O)C(C)C.CC(C)c1cnc(C(C)C)[nH]1.CC(C)c1n[nH]c(C(C)C)n1.CC(C)c1nn[nH]n1.CC(C)c1nn[nH]n1.CC(C)c1nn[nH]n1.O=c1cccc[nH]1.O=c1cccc[nH]1. The third-order valence-electron chi connectivity index (χ3n) is 15.9. The van der Waals surface area contributed by atoms with Crippen molar-refractivity contribution in [3.05, 3.63) is 128 Å². The molecule has 0 radical (unpaired) electrons. The summed E-state index contributed by atoms with van der Waals surface area (Å²) in [7, 11) is 0.